The summed E-state index contributed by atoms with van der Waals surface area (Å²) in [4.78, 5) is 0. The van der Waals surface area contributed by atoms with E-state index in [-0.39, 0.29) is 0 Å². The zero-order valence-electron chi connectivity index (χ0n) is 10.7. The van der Waals surface area contributed by atoms with Gasteiger partial charge in [0, 0.05) is 26.2 Å². The molecule has 94 valence electrons. The first-order chi connectivity index (χ1) is 7.76. The first-order valence-electron chi connectivity index (χ1n) is 6.79. The van der Waals surface area contributed by atoms with Crippen LogP contribution in [0, 0.1) is 11.3 Å². The van der Waals surface area contributed by atoms with Gasteiger partial charge in [0.15, 0.2) is 0 Å². The minimum Gasteiger partial charge on any atom is -0.378 e. The van der Waals surface area contributed by atoms with Gasteiger partial charge in [0.2, 0.25) is 0 Å². The van der Waals surface area contributed by atoms with Crippen molar-refractivity contribution in [3.63, 3.8) is 0 Å². The van der Waals surface area contributed by atoms with Crippen LogP contribution >= 0.6 is 0 Å². The number of hydrogen-bond donors (Lipinski definition) is 2. The second-order valence-corrected chi connectivity index (χ2v) is 5.54. The Bertz CT molecular complexity index is 214. The van der Waals surface area contributed by atoms with Crippen molar-refractivity contribution in [2.45, 2.75) is 39.2 Å². The molecule has 0 saturated carbocycles. The smallest absolute Gasteiger partial charge is 0.0588 e. The summed E-state index contributed by atoms with van der Waals surface area (Å²) in [7, 11) is 0. The Labute approximate surface area is 99.3 Å². The summed E-state index contributed by atoms with van der Waals surface area (Å²) >= 11 is 0. The fourth-order valence-electron chi connectivity index (χ4n) is 2.94. The zero-order valence-corrected chi connectivity index (χ0v) is 10.7. The Balaban J connectivity index is 1.70. The Morgan fingerprint density at radius 2 is 2.38 bits per heavy atom. The molecule has 2 saturated heterocycles. The normalized spacial score (nSPS) is 39.4. The SMILES string of the molecule is CCC1(CNCC2CCOC2C)CCNC1. The van der Waals surface area contributed by atoms with E-state index in [1.54, 1.807) is 0 Å². The van der Waals surface area contributed by atoms with Gasteiger partial charge in [-0.25, -0.2) is 0 Å². The fraction of sp³-hybridized carbons (Fsp3) is 1.00. The van der Waals surface area contributed by atoms with Gasteiger partial charge in [0.05, 0.1) is 6.10 Å². The molecule has 2 aliphatic heterocycles. The van der Waals surface area contributed by atoms with Crippen LogP contribution in [-0.4, -0.2) is 38.9 Å². The van der Waals surface area contributed by atoms with E-state index in [4.69, 9.17) is 4.74 Å². The number of nitrogens with one attached hydrogen (secondary N) is 2. The van der Waals surface area contributed by atoms with E-state index in [2.05, 4.69) is 24.5 Å². The lowest BCUT2D eigenvalue weighted by molar-refractivity contribution is 0.104. The third-order valence-corrected chi connectivity index (χ3v) is 4.52. The minimum absolute atomic E-state index is 0.451. The van der Waals surface area contributed by atoms with Crippen molar-refractivity contribution < 1.29 is 4.74 Å². The summed E-state index contributed by atoms with van der Waals surface area (Å²) in [6.07, 6.45) is 4.29. The lowest BCUT2D eigenvalue weighted by atomic mass is 9.84. The van der Waals surface area contributed by atoms with Gasteiger partial charge in [0.25, 0.3) is 0 Å². The maximum atomic E-state index is 5.59. The summed E-state index contributed by atoms with van der Waals surface area (Å²) in [5, 5.41) is 7.16. The molecule has 3 heteroatoms. The van der Waals surface area contributed by atoms with E-state index in [1.165, 1.54) is 38.9 Å². The highest BCUT2D eigenvalue weighted by Crippen LogP contribution is 2.28. The molecule has 0 aromatic rings. The Hall–Kier alpha value is -0.120. The molecule has 2 aliphatic rings. The lowest BCUT2D eigenvalue weighted by Gasteiger charge is -2.28. The molecule has 2 heterocycles. The van der Waals surface area contributed by atoms with Crippen molar-refractivity contribution in [3.8, 4) is 0 Å². The molecular weight excluding hydrogens is 200 g/mol. The predicted octanol–water partition coefficient (Wildman–Crippen LogP) is 1.39. The van der Waals surface area contributed by atoms with Crippen LogP contribution in [0.15, 0.2) is 0 Å². The molecule has 0 bridgehead atoms. The first-order valence-corrected chi connectivity index (χ1v) is 6.79. The van der Waals surface area contributed by atoms with Gasteiger partial charge in [0.1, 0.15) is 0 Å². The minimum atomic E-state index is 0.451. The highest BCUT2D eigenvalue weighted by molar-refractivity contribution is 4.89. The maximum absolute atomic E-state index is 5.59. The molecule has 3 nitrogen and oxygen atoms in total. The van der Waals surface area contributed by atoms with Crippen LogP contribution in [0.2, 0.25) is 0 Å². The highest BCUT2D eigenvalue weighted by atomic mass is 16.5. The van der Waals surface area contributed by atoms with Crippen LogP contribution in [0.5, 0.6) is 0 Å². The monoisotopic (exact) mass is 226 g/mol. The summed E-state index contributed by atoms with van der Waals surface area (Å²) in [6, 6.07) is 0. The van der Waals surface area contributed by atoms with Gasteiger partial charge in [-0.05, 0) is 44.1 Å². The van der Waals surface area contributed by atoms with Crippen LogP contribution < -0.4 is 10.6 Å². The van der Waals surface area contributed by atoms with Crippen LogP contribution in [0.4, 0.5) is 0 Å². The van der Waals surface area contributed by atoms with E-state index >= 15 is 0 Å². The van der Waals surface area contributed by atoms with Crippen molar-refractivity contribution in [1.82, 2.24) is 10.6 Å². The van der Waals surface area contributed by atoms with Gasteiger partial charge in [-0.1, -0.05) is 6.92 Å². The number of hydrogen-bond acceptors (Lipinski definition) is 3. The molecule has 0 aliphatic carbocycles. The summed E-state index contributed by atoms with van der Waals surface area (Å²) in [5.74, 6) is 0.725. The molecule has 0 aromatic heterocycles. The van der Waals surface area contributed by atoms with Gasteiger partial charge >= 0.3 is 0 Å². The van der Waals surface area contributed by atoms with E-state index in [1.807, 2.05) is 0 Å². The van der Waals surface area contributed by atoms with Crippen molar-refractivity contribution in [2.24, 2.45) is 11.3 Å². The Kier molecular flexibility index (Phi) is 4.22. The Morgan fingerprint density at radius 3 is 2.94 bits per heavy atom. The predicted molar refractivity (Wildman–Crippen MR) is 66.6 cm³/mol. The lowest BCUT2D eigenvalue weighted by Crippen LogP contribution is -2.38. The van der Waals surface area contributed by atoms with E-state index < -0.39 is 0 Å². The van der Waals surface area contributed by atoms with Crippen LogP contribution in [0.3, 0.4) is 0 Å². The molecule has 2 fully saturated rings. The van der Waals surface area contributed by atoms with Crippen LogP contribution in [0.25, 0.3) is 0 Å². The van der Waals surface area contributed by atoms with E-state index in [9.17, 15) is 0 Å². The first kappa shape index (κ1) is 12.3. The average Bonchev–Trinajstić information content (AvgIpc) is 2.90. The third kappa shape index (κ3) is 2.76. The largest absolute Gasteiger partial charge is 0.378 e. The van der Waals surface area contributed by atoms with Crippen molar-refractivity contribution in [3.05, 3.63) is 0 Å². The maximum Gasteiger partial charge on any atom is 0.0588 e. The average molecular weight is 226 g/mol. The number of rotatable bonds is 5. The highest BCUT2D eigenvalue weighted by Gasteiger charge is 2.32. The second kappa shape index (κ2) is 5.48. The second-order valence-electron chi connectivity index (χ2n) is 5.54. The van der Waals surface area contributed by atoms with Gasteiger partial charge in [-0.3, -0.25) is 0 Å². The molecule has 0 spiro atoms. The quantitative estimate of drug-likeness (QED) is 0.743. The summed E-state index contributed by atoms with van der Waals surface area (Å²) in [5.41, 5.74) is 0.517. The third-order valence-electron chi connectivity index (χ3n) is 4.52. The van der Waals surface area contributed by atoms with Gasteiger partial charge in [-0.2, -0.15) is 0 Å². The van der Waals surface area contributed by atoms with Crippen molar-refractivity contribution in [1.29, 1.82) is 0 Å². The number of ether oxygens (including phenoxy) is 1. The summed E-state index contributed by atoms with van der Waals surface area (Å²) in [6.45, 7) is 10.1. The van der Waals surface area contributed by atoms with Crippen molar-refractivity contribution >= 4 is 0 Å². The van der Waals surface area contributed by atoms with Crippen LogP contribution in [-0.2, 0) is 4.74 Å². The standard InChI is InChI=1S/C13H26N2O/c1-3-13(5-6-14-9-13)10-15-8-12-4-7-16-11(12)2/h11-12,14-15H,3-10H2,1-2H3. The van der Waals surface area contributed by atoms with E-state index in [0.29, 0.717) is 11.5 Å². The molecular formula is C13H26N2O. The topological polar surface area (TPSA) is 33.3 Å². The van der Waals surface area contributed by atoms with Gasteiger partial charge < -0.3 is 15.4 Å². The van der Waals surface area contributed by atoms with Gasteiger partial charge in [-0.15, -0.1) is 0 Å². The van der Waals surface area contributed by atoms with Crippen molar-refractivity contribution in [2.75, 3.05) is 32.8 Å². The summed E-state index contributed by atoms with van der Waals surface area (Å²) < 4.78 is 5.59. The van der Waals surface area contributed by atoms with E-state index in [0.717, 1.165) is 19.1 Å². The molecule has 3 atom stereocenters. The molecule has 2 N–H and O–H groups in total. The molecule has 3 unspecified atom stereocenters. The Morgan fingerprint density at radius 1 is 1.50 bits per heavy atom. The fourth-order valence-corrected chi connectivity index (χ4v) is 2.94. The molecule has 0 radical (unpaired) electrons. The zero-order chi connectivity index (χ0) is 11.4. The molecule has 0 aromatic carbocycles. The molecule has 16 heavy (non-hydrogen) atoms. The molecule has 0 amide bonds. The van der Waals surface area contributed by atoms with Crippen LogP contribution in [0.1, 0.15) is 33.1 Å². The molecule has 2 rings (SSSR count).